The fourth-order valence-electron chi connectivity index (χ4n) is 3.77. The number of ether oxygens (including phenoxy) is 3. The van der Waals surface area contributed by atoms with E-state index >= 15 is 0 Å². The van der Waals surface area contributed by atoms with Crippen molar-refractivity contribution in [2.75, 3.05) is 0 Å². The summed E-state index contributed by atoms with van der Waals surface area (Å²) >= 11 is 0. The highest BCUT2D eigenvalue weighted by atomic mass is 16.6. The second kappa shape index (κ2) is 6.94. The van der Waals surface area contributed by atoms with Crippen LogP contribution in [0.4, 0.5) is 0 Å². The summed E-state index contributed by atoms with van der Waals surface area (Å²) in [4.78, 5) is 11.5. The van der Waals surface area contributed by atoms with Crippen LogP contribution in [0.25, 0.3) is 0 Å². The first-order valence-corrected chi connectivity index (χ1v) is 10.1. The molecule has 0 bridgehead atoms. The predicted molar refractivity (Wildman–Crippen MR) is 113 cm³/mol. The first kappa shape index (κ1) is 19.6. The SMILES string of the molecule is CC(C)(C)c1ccc2c(c1)OC(CC(C)(C)c1ccc3c(c1)CCC(=O)O3)=CO2. The fraction of sp³-hybridized carbons (Fsp3) is 0.400. The van der Waals surface area contributed by atoms with Crippen molar-refractivity contribution in [3.05, 3.63) is 65.1 Å². The maximum Gasteiger partial charge on any atom is 0.311 e. The Kier molecular flexibility index (Phi) is 4.68. The van der Waals surface area contributed by atoms with Gasteiger partial charge in [-0.3, -0.25) is 4.79 Å². The van der Waals surface area contributed by atoms with Gasteiger partial charge in [0, 0.05) is 6.42 Å². The first-order chi connectivity index (χ1) is 13.6. The zero-order valence-corrected chi connectivity index (χ0v) is 17.8. The fourth-order valence-corrected chi connectivity index (χ4v) is 3.77. The number of rotatable bonds is 3. The van der Waals surface area contributed by atoms with Gasteiger partial charge in [-0.05, 0) is 52.1 Å². The van der Waals surface area contributed by atoms with E-state index in [1.165, 1.54) is 11.1 Å². The average Bonchev–Trinajstić information content (AvgIpc) is 2.66. The molecule has 2 heterocycles. The minimum Gasteiger partial charge on any atom is -0.458 e. The molecule has 2 aliphatic rings. The highest BCUT2D eigenvalue weighted by Crippen LogP contribution is 2.40. The molecule has 0 atom stereocenters. The molecule has 0 aromatic heterocycles. The van der Waals surface area contributed by atoms with Crippen LogP contribution in [0.1, 0.15) is 64.2 Å². The Hall–Kier alpha value is -2.75. The van der Waals surface area contributed by atoms with Crippen LogP contribution in [-0.2, 0) is 22.0 Å². The summed E-state index contributed by atoms with van der Waals surface area (Å²) in [5.41, 5.74) is 3.37. The van der Waals surface area contributed by atoms with Gasteiger partial charge in [0.05, 0.1) is 6.42 Å². The number of allylic oxidation sites excluding steroid dienone is 1. The summed E-state index contributed by atoms with van der Waals surface area (Å²) in [5, 5.41) is 0. The van der Waals surface area contributed by atoms with Crippen molar-refractivity contribution in [3.8, 4) is 17.2 Å². The van der Waals surface area contributed by atoms with Gasteiger partial charge < -0.3 is 14.2 Å². The predicted octanol–water partition coefficient (Wildman–Crippen LogP) is 5.82. The minimum absolute atomic E-state index is 0.0472. The molecular weight excluding hydrogens is 364 g/mol. The molecular formula is C25H28O4. The van der Waals surface area contributed by atoms with Crippen LogP contribution in [0, 0.1) is 0 Å². The Balaban J connectivity index is 1.53. The molecule has 4 nitrogen and oxygen atoms in total. The van der Waals surface area contributed by atoms with Crippen molar-refractivity contribution in [1.82, 2.24) is 0 Å². The van der Waals surface area contributed by atoms with Gasteiger partial charge >= 0.3 is 5.97 Å². The smallest absolute Gasteiger partial charge is 0.311 e. The molecule has 152 valence electrons. The molecule has 0 amide bonds. The summed E-state index contributed by atoms with van der Waals surface area (Å²) in [5.74, 6) is 2.84. The van der Waals surface area contributed by atoms with E-state index in [1.807, 2.05) is 18.2 Å². The number of fused-ring (bicyclic) bond motifs is 2. The van der Waals surface area contributed by atoms with Crippen molar-refractivity contribution in [1.29, 1.82) is 0 Å². The largest absolute Gasteiger partial charge is 0.458 e. The molecule has 4 heteroatoms. The molecule has 0 spiro atoms. The van der Waals surface area contributed by atoms with Gasteiger partial charge in [-0.15, -0.1) is 0 Å². The van der Waals surface area contributed by atoms with E-state index in [4.69, 9.17) is 14.2 Å². The summed E-state index contributed by atoms with van der Waals surface area (Å²) in [6.45, 7) is 10.9. The molecule has 4 rings (SSSR count). The van der Waals surface area contributed by atoms with E-state index in [-0.39, 0.29) is 16.8 Å². The van der Waals surface area contributed by atoms with Crippen LogP contribution in [0.3, 0.4) is 0 Å². The Labute approximate surface area is 172 Å². The van der Waals surface area contributed by atoms with Gasteiger partial charge in [-0.2, -0.15) is 0 Å². The molecule has 0 radical (unpaired) electrons. The molecule has 0 N–H and O–H groups in total. The summed E-state index contributed by atoms with van der Waals surface area (Å²) in [6, 6.07) is 12.2. The second-order valence-electron chi connectivity index (χ2n) is 9.57. The van der Waals surface area contributed by atoms with E-state index in [1.54, 1.807) is 6.26 Å². The van der Waals surface area contributed by atoms with E-state index in [0.717, 1.165) is 29.2 Å². The number of hydrogen-bond acceptors (Lipinski definition) is 4. The highest BCUT2D eigenvalue weighted by Gasteiger charge is 2.28. The van der Waals surface area contributed by atoms with Gasteiger partial charge in [0.1, 0.15) is 17.8 Å². The molecule has 0 saturated heterocycles. The van der Waals surface area contributed by atoms with Crippen LogP contribution < -0.4 is 14.2 Å². The molecule has 0 fully saturated rings. The minimum atomic E-state index is -0.162. The van der Waals surface area contributed by atoms with Crippen molar-refractivity contribution < 1.29 is 19.0 Å². The maximum atomic E-state index is 11.5. The number of carbonyl (C=O) groups is 1. The summed E-state index contributed by atoms with van der Waals surface area (Å²) in [7, 11) is 0. The summed E-state index contributed by atoms with van der Waals surface area (Å²) < 4.78 is 17.4. The lowest BCUT2D eigenvalue weighted by Crippen LogP contribution is -2.23. The zero-order valence-electron chi connectivity index (χ0n) is 17.8. The van der Waals surface area contributed by atoms with Crippen LogP contribution >= 0.6 is 0 Å². The Bertz CT molecular complexity index is 992. The molecule has 0 aliphatic carbocycles. The van der Waals surface area contributed by atoms with Crippen molar-refractivity contribution in [2.24, 2.45) is 0 Å². The number of benzene rings is 2. The normalized spacial score (nSPS) is 16.0. The number of esters is 1. The van der Waals surface area contributed by atoms with Gasteiger partial charge in [0.15, 0.2) is 11.5 Å². The lowest BCUT2D eigenvalue weighted by molar-refractivity contribution is -0.135. The zero-order chi connectivity index (χ0) is 20.8. The monoisotopic (exact) mass is 392 g/mol. The van der Waals surface area contributed by atoms with Crippen LogP contribution in [0.15, 0.2) is 48.4 Å². The van der Waals surface area contributed by atoms with Crippen LogP contribution in [-0.4, -0.2) is 5.97 Å². The molecule has 2 aromatic carbocycles. The molecule has 0 unspecified atom stereocenters. The van der Waals surface area contributed by atoms with Crippen molar-refractivity contribution in [3.63, 3.8) is 0 Å². The Morgan fingerprint density at radius 2 is 1.55 bits per heavy atom. The van der Waals surface area contributed by atoms with Gasteiger partial charge in [-0.25, -0.2) is 0 Å². The maximum absolute atomic E-state index is 11.5. The summed E-state index contributed by atoms with van der Waals surface area (Å²) in [6.07, 6.45) is 3.57. The first-order valence-electron chi connectivity index (χ1n) is 10.1. The topological polar surface area (TPSA) is 44.8 Å². The lowest BCUT2D eigenvalue weighted by Gasteiger charge is -2.30. The number of carbonyl (C=O) groups excluding carboxylic acids is 1. The molecule has 29 heavy (non-hydrogen) atoms. The van der Waals surface area contributed by atoms with Crippen molar-refractivity contribution in [2.45, 2.75) is 64.7 Å². The van der Waals surface area contributed by atoms with Gasteiger partial charge in [0.2, 0.25) is 0 Å². The average molecular weight is 392 g/mol. The number of aryl methyl sites for hydroxylation is 1. The van der Waals surface area contributed by atoms with Crippen LogP contribution in [0.2, 0.25) is 0 Å². The van der Waals surface area contributed by atoms with Crippen molar-refractivity contribution >= 4 is 5.97 Å². The van der Waals surface area contributed by atoms with Gasteiger partial charge in [-0.1, -0.05) is 52.8 Å². The molecule has 2 aliphatic heterocycles. The molecule has 2 aromatic rings. The van der Waals surface area contributed by atoms with E-state index in [2.05, 4.69) is 52.8 Å². The quantitative estimate of drug-likeness (QED) is 0.488. The standard InChI is InChI=1S/C25H28O4/c1-24(2,3)17-7-10-21-22(13-17)28-19(15-27-21)14-25(4,5)18-8-9-20-16(12-18)6-11-23(26)29-20/h7-10,12-13,15H,6,11,14H2,1-5H3. The number of hydrogen-bond donors (Lipinski definition) is 0. The van der Waals surface area contributed by atoms with E-state index in [0.29, 0.717) is 18.6 Å². The lowest BCUT2D eigenvalue weighted by atomic mass is 9.80. The second-order valence-corrected chi connectivity index (χ2v) is 9.57. The van der Waals surface area contributed by atoms with Crippen LogP contribution in [0.5, 0.6) is 17.2 Å². The third kappa shape index (κ3) is 4.02. The highest BCUT2D eigenvalue weighted by molar-refractivity contribution is 5.75. The molecule has 0 saturated carbocycles. The van der Waals surface area contributed by atoms with E-state index < -0.39 is 0 Å². The third-order valence-corrected chi connectivity index (χ3v) is 5.65. The Morgan fingerprint density at radius 1 is 0.828 bits per heavy atom. The Morgan fingerprint density at radius 3 is 2.31 bits per heavy atom. The van der Waals surface area contributed by atoms with E-state index in [9.17, 15) is 4.79 Å². The third-order valence-electron chi connectivity index (χ3n) is 5.65. The van der Waals surface area contributed by atoms with Gasteiger partial charge in [0.25, 0.3) is 0 Å².